The number of nitrogens with zero attached hydrogens (tertiary/aromatic N) is 1. The predicted molar refractivity (Wildman–Crippen MR) is 71.8 cm³/mol. The Hall–Kier alpha value is -2.11. The molecule has 0 fully saturated rings. The summed E-state index contributed by atoms with van der Waals surface area (Å²) in [7, 11) is 0. The van der Waals surface area contributed by atoms with Crippen molar-refractivity contribution in [3.63, 3.8) is 0 Å². The van der Waals surface area contributed by atoms with Crippen LogP contribution in [-0.2, 0) is 9.59 Å². The number of pyridine rings is 1. The van der Waals surface area contributed by atoms with Gasteiger partial charge in [0.05, 0.1) is 0 Å². The second kappa shape index (κ2) is 8.91. The highest BCUT2D eigenvalue weighted by atomic mass is 16.4. The normalized spacial score (nSPS) is 9.89. The van der Waals surface area contributed by atoms with Crippen LogP contribution < -0.4 is 10.6 Å². The Kier molecular flexibility index (Phi) is 7.01. The third-order valence-electron chi connectivity index (χ3n) is 2.44. The van der Waals surface area contributed by atoms with Crippen molar-refractivity contribution in [1.29, 1.82) is 0 Å². The minimum atomic E-state index is -0.839. The minimum Gasteiger partial charge on any atom is -0.481 e. The summed E-state index contributed by atoms with van der Waals surface area (Å²) < 4.78 is 0. The number of carboxylic acids is 1. The van der Waals surface area contributed by atoms with E-state index in [-0.39, 0.29) is 12.3 Å². The van der Waals surface area contributed by atoms with E-state index in [0.717, 1.165) is 5.82 Å². The molecule has 0 saturated heterocycles. The van der Waals surface area contributed by atoms with Crippen molar-refractivity contribution < 1.29 is 14.7 Å². The van der Waals surface area contributed by atoms with Gasteiger partial charge in [-0.15, -0.1) is 0 Å². The van der Waals surface area contributed by atoms with Gasteiger partial charge in [-0.3, -0.25) is 9.59 Å². The lowest BCUT2D eigenvalue weighted by atomic mass is 10.2. The second-order valence-electron chi connectivity index (χ2n) is 4.09. The topological polar surface area (TPSA) is 91.3 Å². The van der Waals surface area contributed by atoms with Gasteiger partial charge in [-0.1, -0.05) is 6.07 Å². The average Bonchev–Trinajstić information content (AvgIpc) is 2.41. The summed E-state index contributed by atoms with van der Waals surface area (Å²) in [5, 5.41) is 14.2. The van der Waals surface area contributed by atoms with Crippen LogP contribution in [0.15, 0.2) is 24.4 Å². The van der Waals surface area contributed by atoms with E-state index >= 15 is 0 Å². The predicted octanol–water partition coefficient (Wildman–Crippen LogP) is 1.25. The summed E-state index contributed by atoms with van der Waals surface area (Å²) >= 11 is 0. The molecule has 104 valence electrons. The van der Waals surface area contributed by atoms with Crippen LogP contribution in [0, 0.1) is 0 Å². The van der Waals surface area contributed by atoms with Gasteiger partial charge in [0.25, 0.3) is 0 Å². The standard InChI is InChI=1S/C13H19N3O3/c17-12(16-10-4-7-13(18)19)6-3-9-15-11-5-1-2-8-14-11/h1-2,5,8H,3-4,6-7,9-10H2,(H,14,15)(H,16,17)(H,18,19). The zero-order valence-electron chi connectivity index (χ0n) is 10.8. The first-order chi connectivity index (χ1) is 9.18. The van der Waals surface area contributed by atoms with Gasteiger partial charge >= 0.3 is 5.97 Å². The largest absolute Gasteiger partial charge is 0.481 e. The molecule has 0 aromatic carbocycles. The van der Waals surface area contributed by atoms with Gasteiger partial charge in [-0.05, 0) is 25.0 Å². The molecule has 0 aliphatic carbocycles. The molecule has 1 heterocycles. The molecule has 0 unspecified atom stereocenters. The Morgan fingerprint density at radius 2 is 1.95 bits per heavy atom. The first-order valence-corrected chi connectivity index (χ1v) is 6.32. The van der Waals surface area contributed by atoms with Crippen LogP contribution in [0.3, 0.4) is 0 Å². The number of aliphatic carboxylic acids is 1. The number of carbonyl (C=O) groups excluding carboxylic acids is 1. The number of carbonyl (C=O) groups is 2. The van der Waals surface area contributed by atoms with E-state index in [2.05, 4.69) is 15.6 Å². The molecule has 1 aromatic heterocycles. The Morgan fingerprint density at radius 1 is 1.16 bits per heavy atom. The van der Waals surface area contributed by atoms with Gasteiger partial charge in [0.2, 0.25) is 5.91 Å². The van der Waals surface area contributed by atoms with E-state index in [0.29, 0.717) is 32.4 Å². The number of hydrogen-bond acceptors (Lipinski definition) is 4. The monoisotopic (exact) mass is 265 g/mol. The molecule has 0 aliphatic rings. The zero-order chi connectivity index (χ0) is 13.9. The molecule has 1 aromatic rings. The second-order valence-corrected chi connectivity index (χ2v) is 4.09. The molecule has 0 radical (unpaired) electrons. The van der Waals surface area contributed by atoms with Crippen molar-refractivity contribution in [2.24, 2.45) is 0 Å². The Morgan fingerprint density at radius 3 is 2.63 bits per heavy atom. The molecule has 1 rings (SSSR count). The summed E-state index contributed by atoms with van der Waals surface area (Å²) in [6.07, 6.45) is 3.39. The number of carboxylic acid groups (broad SMARTS) is 1. The van der Waals surface area contributed by atoms with Crippen molar-refractivity contribution in [1.82, 2.24) is 10.3 Å². The number of rotatable bonds is 9. The van der Waals surface area contributed by atoms with Gasteiger partial charge in [-0.2, -0.15) is 0 Å². The zero-order valence-corrected chi connectivity index (χ0v) is 10.8. The molecule has 0 spiro atoms. The lowest BCUT2D eigenvalue weighted by Crippen LogP contribution is -2.25. The number of anilines is 1. The highest BCUT2D eigenvalue weighted by Gasteiger charge is 2.01. The van der Waals surface area contributed by atoms with E-state index in [9.17, 15) is 9.59 Å². The quantitative estimate of drug-likeness (QED) is 0.585. The highest BCUT2D eigenvalue weighted by molar-refractivity contribution is 5.75. The summed E-state index contributed by atoms with van der Waals surface area (Å²) in [5.74, 6) is -0.0913. The van der Waals surface area contributed by atoms with Gasteiger partial charge < -0.3 is 15.7 Å². The molecular weight excluding hydrogens is 246 g/mol. The van der Waals surface area contributed by atoms with Crippen molar-refractivity contribution in [2.75, 3.05) is 18.4 Å². The molecule has 19 heavy (non-hydrogen) atoms. The van der Waals surface area contributed by atoms with Crippen molar-refractivity contribution in [3.8, 4) is 0 Å². The van der Waals surface area contributed by atoms with Gasteiger partial charge in [0.15, 0.2) is 0 Å². The van der Waals surface area contributed by atoms with Crippen LogP contribution in [0.25, 0.3) is 0 Å². The third-order valence-corrected chi connectivity index (χ3v) is 2.44. The maximum atomic E-state index is 11.4. The SMILES string of the molecule is O=C(O)CCCNC(=O)CCCNc1ccccn1. The van der Waals surface area contributed by atoms with E-state index in [1.807, 2.05) is 18.2 Å². The van der Waals surface area contributed by atoms with Crippen LogP contribution in [0.5, 0.6) is 0 Å². The maximum Gasteiger partial charge on any atom is 0.303 e. The van der Waals surface area contributed by atoms with Crippen molar-refractivity contribution in [3.05, 3.63) is 24.4 Å². The minimum absolute atomic E-state index is 0.0480. The Labute approximate surface area is 112 Å². The smallest absolute Gasteiger partial charge is 0.303 e. The molecular formula is C13H19N3O3. The summed E-state index contributed by atoms with van der Waals surface area (Å²) in [6.45, 7) is 1.10. The lowest BCUT2D eigenvalue weighted by Gasteiger charge is -2.06. The van der Waals surface area contributed by atoms with E-state index in [1.165, 1.54) is 0 Å². The van der Waals surface area contributed by atoms with Gasteiger partial charge in [0.1, 0.15) is 5.82 Å². The number of nitrogens with one attached hydrogen (secondary N) is 2. The van der Waals surface area contributed by atoms with Crippen LogP contribution in [0.2, 0.25) is 0 Å². The Balaban J connectivity index is 2.00. The average molecular weight is 265 g/mol. The molecule has 0 saturated carbocycles. The van der Waals surface area contributed by atoms with Crippen LogP contribution in [0.4, 0.5) is 5.82 Å². The van der Waals surface area contributed by atoms with Crippen LogP contribution in [-0.4, -0.2) is 35.1 Å². The van der Waals surface area contributed by atoms with E-state index in [1.54, 1.807) is 6.20 Å². The maximum absolute atomic E-state index is 11.4. The fraction of sp³-hybridized carbons (Fsp3) is 0.462. The van der Waals surface area contributed by atoms with Crippen molar-refractivity contribution >= 4 is 17.7 Å². The fourth-order valence-electron chi connectivity index (χ4n) is 1.49. The fourth-order valence-corrected chi connectivity index (χ4v) is 1.49. The molecule has 3 N–H and O–H groups in total. The van der Waals surface area contributed by atoms with Crippen LogP contribution in [0.1, 0.15) is 25.7 Å². The van der Waals surface area contributed by atoms with Crippen molar-refractivity contribution in [2.45, 2.75) is 25.7 Å². The molecule has 1 amide bonds. The first kappa shape index (κ1) is 14.9. The third kappa shape index (κ3) is 7.75. The number of aromatic nitrogens is 1. The molecule has 0 atom stereocenters. The summed E-state index contributed by atoms with van der Waals surface area (Å²) in [6, 6.07) is 5.60. The highest BCUT2D eigenvalue weighted by Crippen LogP contribution is 2.00. The number of hydrogen-bond donors (Lipinski definition) is 3. The summed E-state index contributed by atoms with van der Waals surface area (Å²) in [5.41, 5.74) is 0. The van der Waals surface area contributed by atoms with E-state index in [4.69, 9.17) is 5.11 Å². The summed E-state index contributed by atoms with van der Waals surface area (Å²) in [4.78, 5) is 25.8. The van der Waals surface area contributed by atoms with Gasteiger partial charge in [0, 0.05) is 32.1 Å². The molecule has 6 heteroatoms. The molecule has 6 nitrogen and oxygen atoms in total. The van der Waals surface area contributed by atoms with Crippen LogP contribution >= 0.6 is 0 Å². The lowest BCUT2D eigenvalue weighted by molar-refractivity contribution is -0.137. The molecule has 0 bridgehead atoms. The Bertz CT molecular complexity index is 395. The number of amides is 1. The van der Waals surface area contributed by atoms with E-state index < -0.39 is 5.97 Å². The first-order valence-electron chi connectivity index (χ1n) is 6.32. The molecule has 0 aliphatic heterocycles. The van der Waals surface area contributed by atoms with Gasteiger partial charge in [-0.25, -0.2) is 4.98 Å².